The Morgan fingerprint density at radius 3 is 2.82 bits per heavy atom. The second-order valence-corrected chi connectivity index (χ2v) is 7.94. The van der Waals surface area contributed by atoms with Gasteiger partial charge in [-0.25, -0.2) is 14.7 Å². The van der Waals surface area contributed by atoms with Crippen LogP contribution in [0.4, 0.5) is 22.0 Å². The number of likely N-dealkylation sites (tertiary alicyclic amines) is 2. The lowest BCUT2D eigenvalue weighted by molar-refractivity contribution is 0.102. The van der Waals surface area contributed by atoms with E-state index in [4.69, 9.17) is 0 Å². The molecule has 3 aliphatic heterocycles. The number of nitrogens with one attached hydrogen (secondary N) is 1. The summed E-state index contributed by atoms with van der Waals surface area (Å²) in [5.41, 5.74) is 1.60. The van der Waals surface area contributed by atoms with Crippen molar-refractivity contribution in [2.75, 3.05) is 43.4 Å². The molecule has 0 spiro atoms. The number of hydrogen-bond donors (Lipinski definition) is 1. The molecule has 1 aromatic heterocycles. The van der Waals surface area contributed by atoms with E-state index in [0.717, 1.165) is 32.6 Å². The SMILES string of the molecule is CN1CC2CCN(C(=O)N3c4ccccc4C(=O)Nc4cccnc43)CC2C1. The van der Waals surface area contributed by atoms with Gasteiger partial charge in [0.1, 0.15) is 0 Å². The molecule has 7 nitrogen and oxygen atoms in total. The van der Waals surface area contributed by atoms with Gasteiger partial charge in [0.2, 0.25) is 0 Å². The number of hydrogen-bond acceptors (Lipinski definition) is 4. The Bertz CT molecular complexity index is 946. The van der Waals surface area contributed by atoms with E-state index in [0.29, 0.717) is 34.6 Å². The Hall–Kier alpha value is -2.93. The number of para-hydroxylation sites is 1. The summed E-state index contributed by atoms with van der Waals surface area (Å²) in [6, 6.07) is 10.6. The largest absolute Gasteiger partial charge is 0.330 e. The highest BCUT2D eigenvalue weighted by molar-refractivity contribution is 6.16. The summed E-state index contributed by atoms with van der Waals surface area (Å²) in [5, 5.41) is 2.89. The van der Waals surface area contributed by atoms with Gasteiger partial charge in [0, 0.05) is 32.4 Å². The van der Waals surface area contributed by atoms with Crippen LogP contribution in [0.5, 0.6) is 0 Å². The summed E-state index contributed by atoms with van der Waals surface area (Å²) in [5.74, 6) is 1.42. The van der Waals surface area contributed by atoms with Gasteiger partial charge in [-0.05, 0) is 49.6 Å². The van der Waals surface area contributed by atoms with E-state index in [1.165, 1.54) is 0 Å². The van der Waals surface area contributed by atoms with Crippen molar-refractivity contribution in [1.29, 1.82) is 0 Å². The van der Waals surface area contributed by atoms with Crippen molar-refractivity contribution >= 4 is 29.1 Å². The molecular formula is C21H23N5O2. The van der Waals surface area contributed by atoms with Crippen LogP contribution in [-0.4, -0.2) is 59.9 Å². The van der Waals surface area contributed by atoms with Crippen molar-refractivity contribution in [3.05, 3.63) is 48.2 Å². The lowest BCUT2D eigenvalue weighted by Gasteiger charge is -2.37. The van der Waals surface area contributed by atoms with Crippen molar-refractivity contribution in [3.8, 4) is 0 Å². The molecule has 4 heterocycles. The van der Waals surface area contributed by atoms with E-state index in [-0.39, 0.29) is 11.9 Å². The quantitative estimate of drug-likeness (QED) is 0.767. The van der Waals surface area contributed by atoms with Gasteiger partial charge in [0.05, 0.1) is 16.9 Å². The third-order valence-corrected chi connectivity index (χ3v) is 6.08. The van der Waals surface area contributed by atoms with E-state index in [9.17, 15) is 9.59 Å². The summed E-state index contributed by atoms with van der Waals surface area (Å²) in [7, 11) is 2.15. The second kappa shape index (κ2) is 6.60. The number of rotatable bonds is 0. The van der Waals surface area contributed by atoms with E-state index < -0.39 is 0 Å². The molecule has 0 saturated carbocycles. The van der Waals surface area contributed by atoms with Gasteiger partial charge in [-0.1, -0.05) is 12.1 Å². The third-order valence-electron chi connectivity index (χ3n) is 6.08. The first-order chi connectivity index (χ1) is 13.6. The molecule has 2 unspecified atom stereocenters. The topological polar surface area (TPSA) is 68.8 Å². The number of amides is 3. The molecule has 0 radical (unpaired) electrons. The maximum absolute atomic E-state index is 13.7. The van der Waals surface area contributed by atoms with E-state index in [2.05, 4.69) is 22.2 Å². The zero-order valence-corrected chi connectivity index (χ0v) is 15.8. The van der Waals surface area contributed by atoms with Crippen molar-refractivity contribution < 1.29 is 9.59 Å². The summed E-state index contributed by atoms with van der Waals surface area (Å²) in [6.45, 7) is 3.62. The Morgan fingerprint density at radius 2 is 1.93 bits per heavy atom. The molecular weight excluding hydrogens is 354 g/mol. The van der Waals surface area contributed by atoms with Crippen LogP contribution in [-0.2, 0) is 0 Å². The fourth-order valence-electron chi connectivity index (χ4n) is 4.75. The molecule has 2 fully saturated rings. The van der Waals surface area contributed by atoms with Gasteiger partial charge < -0.3 is 15.1 Å². The molecule has 0 aliphatic carbocycles. The predicted octanol–water partition coefficient (Wildman–Crippen LogP) is 2.79. The van der Waals surface area contributed by atoms with Crippen LogP contribution in [0.2, 0.25) is 0 Å². The van der Waals surface area contributed by atoms with Crippen LogP contribution in [0, 0.1) is 11.8 Å². The Balaban J connectivity index is 1.54. The zero-order chi connectivity index (χ0) is 19.3. The number of nitrogens with zero attached hydrogens (tertiary/aromatic N) is 4. The fourth-order valence-corrected chi connectivity index (χ4v) is 4.75. The molecule has 28 heavy (non-hydrogen) atoms. The number of carbonyl (C=O) groups is 2. The lowest BCUT2D eigenvalue weighted by Crippen LogP contribution is -2.48. The predicted molar refractivity (Wildman–Crippen MR) is 107 cm³/mol. The highest BCUT2D eigenvalue weighted by Gasteiger charge is 2.40. The highest BCUT2D eigenvalue weighted by Crippen LogP contribution is 2.38. The molecule has 3 amide bonds. The second-order valence-electron chi connectivity index (χ2n) is 7.94. The van der Waals surface area contributed by atoms with Gasteiger partial charge in [-0.15, -0.1) is 0 Å². The van der Waals surface area contributed by atoms with E-state index in [1.807, 2.05) is 23.1 Å². The lowest BCUT2D eigenvalue weighted by atomic mass is 9.89. The number of urea groups is 1. The minimum Gasteiger partial charge on any atom is -0.324 e. The minimum absolute atomic E-state index is 0.114. The average molecular weight is 377 g/mol. The van der Waals surface area contributed by atoms with E-state index >= 15 is 0 Å². The summed E-state index contributed by atoms with van der Waals surface area (Å²) in [4.78, 5) is 36.7. The van der Waals surface area contributed by atoms with Crippen LogP contribution < -0.4 is 10.2 Å². The molecule has 2 aromatic rings. The summed E-state index contributed by atoms with van der Waals surface area (Å²) < 4.78 is 0. The smallest absolute Gasteiger partial charge is 0.324 e. The van der Waals surface area contributed by atoms with Crippen molar-refractivity contribution in [2.45, 2.75) is 6.42 Å². The maximum Gasteiger partial charge on any atom is 0.330 e. The molecule has 0 bridgehead atoms. The van der Waals surface area contributed by atoms with Gasteiger partial charge in [0.25, 0.3) is 5.91 Å². The van der Waals surface area contributed by atoms with Crippen LogP contribution in [0.3, 0.4) is 0 Å². The van der Waals surface area contributed by atoms with Gasteiger partial charge in [-0.2, -0.15) is 0 Å². The first kappa shape index (κ1) is 17.2. The molecule has 144 valence electrons. The average Bonchev–Trinajstić information content (AvgIpc) is 3.02. The standard InChI is InChI=1S/C21H23N5O2/c1-24-11-14-8-10-25(13-15(14)12-24)21(28)26-18-7-3-2-5-16(18)20(27)23-17-6-4-9-22-19(17)26/h2-7,9,14-15H,8,10-13H2,1H3,(H,23,27). The number of piperidine rings is 1. The van der Waals surface area contributed by atoms with Gasteiger partial charge in [-0.3, -0.25) is 4.79 Å². The van der Waals surface area contributed by atoms with Crippen molar-refractivity contribution in [3.63, 3.8) is 0 Å². The molecule has 1 N–H and O–H groups in total. The zero-order valence-electron chi connectivity index (χ0n) is 15.8. The third kappa shape index (κ3) is 2.74. The molecule has 7 heteroatoms. The normalized spacial score (nSPS) is 24.1. The molecule has 5 rings (SSSR count). The number of carbonyl (C=O) groups excluding carboxylic acids is 2. The first-order valence-electron chi connectivity index (χ1n) is 9.75. The fraction of sp³-hybridized carbons (Fsp3) is 0.381. The summed E-state index contributed by atoms with van der Waals surface area (Å²) >= 11 is 0. The number of pyridine rings is 1. The number of aromatic nitrogens is 1. The molecule has 2 saturated heterocycles. The van der Waals surface area contributed by atoms with Gasteiger partial charge in [0.15, 0.2) is 5.82 Å². The number of anilines is 3. The van der Waals surface area contributed by atoms with E-state index in [1.54, 1.807) is 29.3 Å². The van der Waals surface area contributed by atoms with Crippen LogP contribution in [0.25, 0.3) is 0 Å². The van der Waals surface area contributed by atoms with Crippen molar-refractivity contribution in [2.24, 2.45) is 11.8 Å². The minimum atomic E-state index is -0.226. The Kier molecular flexibility index (Phi) is 4.05. The first-order valence-corrected chi connectivity index (χ1v) is 9.75. The Labute approximate surface area is 163 Å². The number of benzene rings is 1. The maximum atomic E-state index is 13.7. The van der Waals surface area contributed by atoms with Crippen LogP contribution >= 0.6 is 0 Å². The molecule has 3 aliphatic rings. The van der Waals surface area contributed by atoms with Crippen molar-refractivity contribution in [1.82, 2.24) is 14.8 Å². The number of fused-ring (bicyclic) bond motifs is 3. The molecule has 1 aromatic carbocycles. The molecule has 2 atom stereocenters. The monoisotopic (exact) mass is 377 g/mol. The Morgan fingerprint density at radius 1 is 1.11 bits per heavy atom. The summed E-state index contributed by atoms with van der Waals surface area (Å²) in [6.07, 6.45) is 2.67. The van der Waals surface area contributed by atoms with Crippen LogP contribution in [0.15, 0.2) is 42.6 Å². The van der Waals surface area contributed by atoms with Crippen LogP contribution in [0.1, 0.15) is 16.8 Å². The highest BCUT2D eigenvalue weighted by atomic mass is 16.2. The van der Waals surface area contributed by atoms with Gasteiger partial charge >= 0.3 is 6.03 Å².